The number of H-pyrrole nitrogens is 1. The highest BCUT2D eigenvalue weighted by atomic mass is 14.8. The summed E-state index contributed by atoms with van der Waals surface area (Å²) in [5, 5.41) is 0. The Morgan fingerprint density at radius 1 is 1.19 bits per heavy atom. The Balaban J connectivity index is 2.05. The molecule has 1 aliphatic carbocycles. The molecule has 0 fully saturated rings. The Morgan fingerprint density at radius 2 is 2.12 bits per heavy atom. The summed E-state index contributed by atoms with van der Waals surface area (Å²) in [6.45, 7) is 0. The molecule has 2 aromatic rings. The summed E-state index contributed by atoms with van der Waals surface area (Å²) >= 11 is 0. The van der Waals surface area contributed by atoms with Crippen molar-refractivity contribution in [1.82, 2.24) is 9.97 Å². The number of rotatable bonds is 1. The fraction of sp³-hybridized carbons (Fsp3) is 0.214. The average Bonchev–Trinajstić information content (AvgIpc) is 2.82. The molecule has 1 aromatic carbocycles. The monoisotopic (exact) mass is 210 g/mol. The molecule has 0 atom stereocenters. The maximum Gasteiger partial charge on any atom is 0.0927 e. The number of aromatic amines is 1. The molecule has 3 rings (SSSR count). The van der Waals surface area contributed by atoms with Gasteiger partial charge >= 0.3 is 0 Å². The van der Waals surface area contributed by atoms with Crippen molar-refractivity contribution in [3.8, 4) is 0 Å². The molecule has 0 bridgehead atoms. The van der Waals surface area contributed by atoms with Crippen LogP contribution in [0.25, 0.3) is 11.6 Å². The Morgan fingerprint density at radius 3 is 3.00 bits per heavy atom. The molecule has 2 heteroatoms. The molecule has 2 nitrogen and oxygen atoms in total. The van der Waals surface area contributed by atoms with Gasteiger partial charge in [-0.15, -0.1) is 0 Å². The second kappa shape index (κ2) is 3.97. The number of nitrogens with zero attached hydrogens (tertiary/aromatic N) is 1. The van der Waals surface area contributed by atoms with Gasteiger partial charge in [0.15, 0.2) is 0 Å². The quantitative estimate of drug-likeness (QED) is 0.768. The molecule has 0 amide bonds. The van der Waals surface area contributed by atoms with Crippen molar-refractivity contribution in [2.24, 2.45) is 0 Å². The summed E-state index contributed by atoms with van der Waals surface area (Å²) in [6.07, 6.45) is 9.45. The summed E-state index contributed by atoms with van der Waals surface area (Å²) in [5.74, 6) is 0. The molecule has 80 valence electrons. The van der Waals surface area contributed by atoms with Crippen LogP contribution in [0.4, 0.5) is 0 Å². The minimum atomic E-state index is 1.02. The lowest BCUT2D eigenvalue weighted by molar-refractivity contribution is 0.824. The number of aromatic nitrogens is 2. The summed E-state index contributed by atoms with van der Waals surface area (Å²) in [7, 11) is 0. The second-order valence-electron chi connectivity index (χ2n) is 4.17. The van der Waals surface area contributed by atoms with Gasteiger partial charge < -0.3 is 4.98 Å². The van der Waals surface area contributed by atoms with Gasteiger partial charge in [0.2, 0.25) is 0 Å². The minimum Gasteiger partial charge on any atom is -0.351 e. The van der Waals surface area contributed by atoms with Crippen LogP contribution in [0.2, 0.25) is 0 Å². The number of benzene rings is 1. The topological polar surface area (TPSA) is 28.7 Å². The fourth-order valence-electron chi connectivity index (χ4n) is 2.33. The summed E-state index contributed by atoms with van der Waals surface area (Å²) in [5.41, 5.74) is 5.30. The molecule has 0 unspecified atom stereocenters. The maximum absolute atomic E-state index is 4.25. The summed E-state index contributed by atoms with van der Waals surface area (Å²) in [4.78, 5) is 7.24. The number of hydrogen-bond acceptors (Lipinski definition) is 1. The molecular formula is C14H14N2. The van der Waals surface area contributed by atoms with E-state index in [-0.39, 0.29) is 0 Å². The van der Waals surface area contributed by atoms with E-state index in [9.17, 15) is 0 Å². The maximum atomic E-state index is 4.25. The van der Waals surface area contributed by atoms with Gasteiger partial charge in [-0.3, -0.25) is 0 Å². The van der Waals surface area contributed by atoms with Crippen LogP contribution in [0, 0.1) is 0 Å². The van der Waals surface area contributed by atoms with Gasteiger partial charge in [0.1, 0.15) is 0 Å². The second-order valence-corrected chi connectivity index (χ2v) is 4.17. The molecule has 0 aliphatic heterocycles. The van der Waals surface area contributed by atoms with E-state index >= 15 is 0 Å². The first-order chi connectivity index (χ1) is 7.93. The van der Waals surface area contributed by atoms with Crippen molar-refractivity contribution in [3.63, 3.8) is 0 Å². The van der Waals surface area contributed by atoms with E-state index in [0.29, 0.717) is 0 Å². The van der Waals surface area contributed by atoms with Crippen LogP contribution in [-0.2, 0) is 6.42 Å². The standard InChI is InChI=1S/C14H14N2/c1-2-7-14-11(4-1)5-3-6-12(14)8-13-9-15-10-16-13/h1-2,4,7-10H,3,5-6H2,(H,15,16)/b12-8-. The van der Waals surface area contributed by atoms with Crippen LogP contribution in [0.3, 0.4) is 0 Å². The molecule has 0 saturated heterocycles. The third kappa shape index (κ3) is 1.67. The van der Waals surface area contributed by atoms with Crippen LogP contribution in [0.5, 0.6) is 0 Å². The van der Waals surface area contributed by atoms with Crippen LogP contribution in [-0.4, -0.2) is 9.97 Å². The van der Waals surface area contributed by atoms with Gasteiger partial charge in [0.25, 0.3) is 0 Å². The van der Waals surface area contributed by atoms with Gasteiger partial charge in [-0.05, 0) is 42.0 Å². The molecular weight excluding hydrogens is 196 g/mol. The summed E-state index contributed by atoms with van der Waals surface area (Å²) < 4.78 is 0. The molecule has 16 heavy (non-hydrogen) atoms. The van der Waals surface area contributed by atoms with Crippen LogP contribution < -0.4 is 0 Å². The van der Waals surface area contributed by atoms with Crippen molar-refractivity contribution in [2.45, 2.75) is 19.3 Å². The number of hydrogen-bond donors (Lipinski definition) is 1. The molecule has 1 aromatic heterocycles. The first kappa shape index (κ1) is 9.40. The largest absolute Gasteiger partial charge is 0.351 e. The lowest BCUT2D eigenvalue weighted by atomic mass is 9.87. The predicted octanol–water partition coefficient (Wildman–Crippen LogP) is 3.29. The number of aryl methyl sites for hydroxylation is 1. The van der Waals surface area contributed by atoms with Crippen molar-refractivity contribution in [3.05, 3.63) is 53.6 Å². The van der Waals surface area contributed by atoms with E-state index in [1.54, 1.807) is 6.33 Å². The highest BCUT2D eigenvalue weighted by molar-refractivity contribution is 5.82. The van der Waals surface area contributed by atoms with E-state index in [4.69, 9.17) is 0 Å². The Hall–Kier alpha value is -1.83. The van der Waals surface area contributed by atoms with E-state index in [1.807, 2.05) is 6.20 Å². The normalized spacial score (nSPS) is 17.4. The lowest BCUT2D eigenvalue weighted by Crippen LogP contribution is -2.01. The van der Waals surface area contributed by atoms with Gasteiger partial charge in [-0.1, -0.05) is 24.3 Å². The zero-order chi connectivity index (χ0) is 10.8. The SMILES string of the molecule is C(=C1\CCCc2ccccc21)/c1c[nH]cn1. The third-order valence-electron chi connectivity index (χ3n) is 3.10. The highest BCUT2D eigenvalue weighted by Crippen LogP contribution is 2.31. The zero-order valence-electron chi connectivity index (χ0n) is 9.11. The fourth-order valence-corrected chi connectivity index (χ4v) is 2.33. The molecule has 1 aliphatic rings. The molecule has 0 saturated carbocycles. The van der Waals surface area contributed by atoms with Crippen LogP contribution in [0.1, 0.15) is 29.7 Å². The van der Waals surface area contributed by atoms with Crippen molar-refractivity contribution in [2.75, 3.05) is 0 Å². The van der Waals surface area contributed by atoms with Gasteiger partial charge in [-0.25, -0.2) is 4.98 Å². The number of allylic oxidation sites excluding steroid dienone is 1. The van der Waals surface area contributed by atoms with E-state index in [0.717, 1.165) is 12.1 Å². The number of nitrogens with one attached hydrogen (secondary N) is 1. The first-order valence-corrected chi connectivity index (χ1v) is 5.71. The Labute approximate surface area is 95.0 Å². The van der Waals surface area contributed by atoms with E-state index in [1.165, 1.54) is 29.5 Å². The lowest BCUT2D eigenvalue weighted by Gasteiger charge is -2.18. The average molecular weight is 210 g/mol. The Bertz CT molecular complexity index is 509. The zero-order valence-corrected chi connectivity index (χ0v) is 9.11. The molecule has 1 N–H and O–H groups in total. The number of imidazole rings is 1. The minimum absolute atomic E-state index is 1.02. The van der Waals surface area contributed by atoms with Crippen molar-refractivity contribution >= 4 is 11.6 Å². The number of fused-ring (bicyclic) bond motifs is 1. The van der Waals surface area contributed by atoms with E-state index in [2.05, 4.69) is 40.3 Å². The van der Waals surface area contributed by atoms with Gasteiger partial charge in [0.05, 0.1) is 12.0 Å². The third-order valence-corrected chi connectivity index (χ3v) is 3.10. The van der Waals surface area contributed by atoms with Gasteiger partial charge in [0, 0.05) is 6.20 Å². The Kier molecular flexibility index (Phi) is 2.33. The van der Waals surface area contributed by atoms with Crippen LogP contribution >= 0.6 is 0 Å². The first-order valence-electron chi connectivity index (χ1n) is 5.71. The smallest absolute Gasteiger partial charge is 0.0927 e. The highest BCUT2D eigenvalue weighted by Gasteiger charge is 2.13. The van der Waals surface area contributed by atoms with Crippen LogP contribution in [0.15, 0.2) is 36.8 Å². The van der Waals surface area contributed by atoms with E-state index < -0.39 is 0 Å². The molecule has 1 heterocycles. The van der Waals surface area contributed by atoms with Gasteiger partial charge in [-0.2, -0.15) is 0 Å². The molecule has 0 spiro atoms. The van der Waals surface area contributed by atoms with Crippen molar-refractivity contribution in [1.29, 1.82) is 0 Å². The summed E-state index contributed by atoms with van der Waals surface area (Å²) in [6, 6.07) is 8.68. The van der Waals surface area contributed by atoms with Crippen molar-refractivity contribution < 1.29 is 0 Å². The molecule has 0 radical (unpaired) electrons. The predicted molar refractivity (Wildman–Crippen MR) is 65.8 cm³/mol.